The first kappa shape index (κ1) is 17.6. The summed E-state index contributed by atoms with van der Waals surface area (Å²) in [5, 5.41) is 0. The molecule has 0 bridgehead atoms. The molecule has 0 fully saturated rings. The Morgan fingerprint density at radius 2 is 1.41 bits per heavy atom. The van der Waals surface area contributed by atoms with Crippen molar-refractivity contribution < 1.29 is 25.8 Å². The Bertz CT molecular complexity index is 1120. The highest BCUT2D eigenvalue weighted by molar-refractivity contribution is 7.88. The Hall–Kier alpha value is -2.80. The number of hydrogen-bond donors (Lipinski definition) is 0. The molecule has 0 spiro atoms. The summed E-state index contributed by atoms with van der Waals surface area (Å²) in [5.41, 5.74) is 0.919. The van der Waals surface area contributed by atoms with E-state index in [0.29, 0.717) is 0 Å². The maximum absolute atomic E-state index is 12.4. The second kappa shape index (κ2) is 6.13. The van der Waals surface area contributed by atoms with Crippen LogP contribution in [-0.2, 0) is 16.5 Å². The van der Waals surface area contributed by atoms with Crippen molar-refractivity contribution in [3.8, 4) is 28.0 Å². The van der Waals surface area contributed by atoms with Crippen LogP contribution in [0.2, 0.25) is 0 Å². The fraction of sp³-hybridized carbons (Fsp3) is 0.100. The molecule has 0 aromatic heterocycles. The van der Waals surface area contributed by atoms with Gasteiger partial charge in [0.15, 0.2) is 0 Å². The Labute approximate surface area is 154 Å². The summed E-state index contributed by atoms with van der Waals surface area (Å²) in [6.07, 6.45) is 0.766. The third kappa shape index (κ3) is 3.08. The molecule has 3 nitrogen and oxygen atoms in total. The molecule has 0 heterocycles. The van der Waals surface area contributed by atoms with Gasteiger partial charge in [-0.2, -0.15) is 21.6 Å². The molecule has 1 aliphatic carbocycles. The lowest BCUT2D eigenvalue weighted by Crippen LogP contribution is -2.28. The van der Waals surface area contributed by atoms with E-state index in [1.807, 2.05) is 30.3 Å². The number of fused-ring (bicyclic) bond motifs is 3. The average molecular weight is 390 g/mol. The van der Waals surface area contributed by atoms with Gasteiger partial charge in [0, 0.05) is 0 Å². The zero-order chi connectivity index (χ0) is 19.2. The summed E-state index contributed by atoms with van der Waals surface area (Å²) >= 11 is 0. The molecule has 0 aliphatic heterocycles. The quantitative estimate of drug-likeness (QED) is 0.359. The predicted octanol–water partition coefficient (Wildman–Crippen LogP) is 5.15. The molecule has 0 unspecified atom stereocenters. The maximum atomic E-state index is 12.4. The van der Waals surface area contributed by atoms with Crippen LogP contribution in [0.5, 0.6) is 5.75 Å². The Morgan fingerprint density at radius 1 is 0.778 bits per heavy atom. The molecule has 3 aromatic carbocycles. The zero-order valence-corrected chi connectivity index (χ0v) is 14.6. The molecule has 1 aliphatic rings. The van der Waals surface area contributed by atoms with Gasteiger partial charge in [-0.05, 0) is 51.9 Å². The lowest BCUT2D eigenvalue weighted by atomic mass is 9.96. The second-order valence-corrected chi connectivity index (χ2v) is 7.71. The van der Waals surface area contributed by atoms with Crippen molar-refractivity contribution in [1.82, 2.24) is 0 Å². The highest BCUT2D eigenvalue weighted by atomic mass is 32.2. The lowest BCUT2D eigenvalue weighted by molar-refractivity contribution is -0.0500. The number of alkyl halides is 3. The largest absolute Gasteiger partial charge is 0.534 e. The number of halogens is 3. The topological polar surface area (TPSA) is 43.4 Å². The summed E-state index contributed by atoms with van der Waals surface area (Å²) < 4.78 is 63.7. The van der Waals surface area contributed by atoms with Gasteiger partial charge in [-0.3, -0.25) is 0 Å². The zero-order valence-electron chi connectivity index (χ0n) is 13.8. The van der Waals surface area contributed by atoms with E-state index in [-0.39, 0.29) is 5.75 Å². The number of rotatable bonds is 3. The summed E-state index contributed by atoms with van der Waals surface area (Å²) in [6.45, 7) is 0. The minimum atomic E-state index is -5.67. The van der Waals surface area contributed by atoms with Crippen LogP contribution in [-0.4, -0.2) is 13.9 Å². The van der Waals surface area contributed by atoms with Crippen LogP contribution in [0.3, 0.4) is 0 Å². The summed E-state index contributed by atoms with van der Waals surface area (Å²) in [7, 11) is -5.67. The van der Waals surface area contributed by atoms with Crippen molar-refractivity contribution in [1.29, 1.82) is 0 Å². The molecule has 27 heavy (non-hydrogen) atoms. The Morgan fingerprint density at radius 3 is 2.11 bits per heavy atom. The summed E-state index contributed by atoms with van der Waals surface area (Å²) in [5.74, 6) is -0.382. The van der Waals surface area contributed by atoms with Gasteiger partial charge < -0.3 is 4.18 Å². The van der Waals surface area contributed by atoms with E-state index < -0.39 is 15.6 Å². The molecular formula is C20H13F3O3S. The van der Waals surface area contributed by atoms with Gasteiger partial charge in [-0.1, -0.05) is 54.6 Å². The average Bonchev–Trinajstić information content (AvgIpc) is 3.00. The van der Waals surface area contributed by atoms with Crippen LogP contribution < -0.4 is 4.18 Å². The van der Waals surface area contributed by atoms with E-state index in [1.54, 1.807) is 12.1 Å². The van der Waals surface area contributed by atoms with Gasteiger partial charge >= 0.3 is 15.6 Å². The van der Waals surface area contributed by atoms with Crippen LogP contribution >= 0.6 is 0 Å². The smallest absolute Gasteiger partial charge is 0.376 e. The standard InChI is InChI=1S/C20H13F3O3S/c21-20(22,23)27(24,25)26-15-10-8-13(9-11-15)16-6-3-7-18-17-5-2-1-4-14(17)12-19(16)18/h1-11H,12H2. The highest BCUT2D eigenvalue weighted by Crippen LogP contribution is 2.41. The minimum Gasteiger partial charge on any atom is -0.376 e. The molecule has 0 amide bonds. The normalized spacial score (nSPS) is 13.1. The van der Waals surface area contributed by atoms with Crippen LogP contribution in [0.1, 0.15) is 11.1 Å². The Balaban J connectivity index is 1.67. The van der Waals surface area contributed by atoms with Crippen LogP contribution in [0, 0.1) is 0 Å². The highest BCUT2D eigenvalue weighted by Gasteiger charge is 2.48. The molecule has 0 saturated carbocycles. The van der Waals surface area contributed by atoms with E-state index >= 15 is 0 Å². The van der Waals surface area contributed by atoms with E-state index in [0.717, 1.165) is 28.7 Å². The first-order valence-electron chi connectivity index (χ1n) is 8.08. The minimum absolute atomic E-state index is 0.382. The van der Waals surface area contributed by atoms with Gasteiger partial charge in [0.2, 0.25) is 0 Å². The van der Waals surface area contributed by atoms with Crippen molar-refractivity contribution in [3.05, 3.63) is 77.9 Å². The maximum Gasteiger partial charge on any atom is 0.534 e. The van der Waals surface area contributed by atoms with E-state index in [9.17, 15) is 21.6 Å². The van der Waals surface area contributed by atoms with Crippen molar-refractivity contribution in [2.75, 3.05) is 0 Å². The predicted molar refractivity (Wildman–Crippen MR) is 95.7 cm³/mol. The first-order valence-corrected chi connectivity index (χ1v) is 9.48. The second-order valence-electron chi connectivity index (χ2n) is 6.17. The summed E-state index contributed by atoms with van der Waals surface area (Å²) in [4.78, 5) is 0. The molecule has 0 saturated heterocycles. The first-order chi connectivity index (χ1) is 12.8. The molecule has 7 heteroatoms. The van der Waals surface area contributed by atoms with Crippen LogP contribution in [0.25, 0.3) is 22.3 Å². The van der Waals surface area contributed by atoms with E-state index in [2.05, 4.69) is 16.3 Å². The lowest BCUT2D eigenvalue weighted by Gasteiger charge is -2.11. The van der Waals surface area contributed by atoms with Gasteiger partial charge in [-0.15, -0.1) is 0 Å². The van der Waals surface area contributed by atoms with Gasteiger partial charge in [0.25, 0.3) is 0 Å². The third-order valence-electron chi connectivity index (χ3n) is 4.51. The fourth-order valence-electron chi connectivity index (χ4n) is 3.29. The molecule has 3 aromatic rings. The van der Waals surface area contributed by atoms with Crippen molar-refractivity contribution in [3.63, 3.8) is 0 Å². The molecule has 0 radical (unpaired) electrons. The van der Waals surface area contributed by atoms with E-state index in [4.69, 9.17) is 0 Å². The van der Waals surface area contributed by atoms with Crippen molar-refractivity contribution in [2.24, 2.45) is 0 Å². The molecule has 4 rings (SSSR count). The van der Waals surface area contributed by atoms with Gasteiger partial charge in [0.1, 0.15) is 5.75 Å². The molecule has 138 valence electrons. The van der Waals surface area contributed by atoms with E-state index in [1.165, 1.54) is 23.3 Å². The van der Waals surface area contributed by atoms with Crippen LogP contribution in [0.4, 0.5) is 13.2 Å². The van der Waals surface area contributed by atoms with Gasteiger partial charge in [-0.25, -0.2) is 0 Å². The van der Waals surface area contributed by atoms with Gasteiger partial charge in [0.05, 0.1) is 0 Å². The summed E-state index contributed by atoms with van der Waals surface area (Å²) in [6, 6.07) is 19.5. The third-order valence-corrected chi connectivity index (χ3v) is 5.48. The monoisotopic (exact) mass is 390 g/mol. The fourth-order valence-corrected chi connectivity index (χ4v) is 3.75. The van der Waals surface area contributed by atoms with Crippen molar-refractivity contribution in [2.45, 2.75) is 11.9 Å². The SMILES string of the molecule is O=S(=O)(Oc1ccc(-c2cccc3c2Cc2ccccc2-3)cc1)C(F)(F)F. The van der Waals surface area contributed by atoms with Crippen molar-refractivity contribution >= 4 is 10.1 Å². The molecule has 0 atom stereocenters. The number of benzene rings is 3. The van der Waals surface area contributed by atoms with Crippen LogP contribution in [0.15, 0.2) is 66.7 Å². The number of hydrogen-bond acceptors (Lipinski definition) is 3. The Kier molecular flexibility index (Phi) is 3.99. The molecular weight excluding hydrogens is 377 g/mol. The molecule has 0 N–H and O–H groups in total.